The first kappa shape index (κ1) is 20.3. The Labute approximate surface area is 185 Å². The lowest BCUT2D eigenvalue weighted by Crippen LogP contribution is -2.00. The molecule has 150 valence electrons. The Morgan fingerprint density at radius 3 is 2.53 bits per heavy atom. The molecule has 0 amide bonds. The van der Waals surface area contributed by atoms with Crippen molar-refractivity contribution in [3.05, 3.63) is 95.5 Å². The molecule has 0 bridgehead atoms. The van der Waals surface area contributed by atoms with Gasteiger partial charge in [-0.25, -0.2) is 0 Å². The van der Waals surface area contributed by atoms with Gasteiger partial charge >= 0.3 is 0 Å². The quantitative estimate of drug-likeness (QED) is 0.316. The minimum Gasteiger partial charge on any atom is -0.497 e. The van der Waals surface area contributed by atoms with Crippen molar-refractivity contribution in [1.29, 1.82) is 0 Å². The molecule has 30 heavy (non-hydrogen) atoms. The minimum absolute atomic E-state index is 0.690. The minimum atomic E-state index is 0.690. The molecule has 1 heterocycles. The first-order valence-corrected chi connectivity index (χ1v) is 10.8. The van der Waals surface area contributed by atoms with Crippen molar-refractivity contribution in [3.8, 4) is 22.8 Å². The van der Waals surface area contributed by atoms with Crippen molar-refractivity contribution in [2.24, 2.45) is 0 Å². The maximum Gasteiger partial charge on any atom is 0.196 e. The zero-order valence-electron chi connectivity index (χ0n) is 16.4. The third kappa shape index (κ3) is 4.75. The number of rotatable bonds is 7. The SMILES string of the molecule is COc1cccc(-c2nnc(SC/C=C/c3ccccc3)n2-c2ccc(Cl)cc2)c1. The second kappa shape index (κ2) is 9.65. The van der Waals surface area contributed by atoms with Gasteiger partial charge < -0.3 is 4.74 Å². The van der Waals surface area contributed by atoms with Crippen molar-refractivity contribution in [2.75, 3.05) is 12.9 Å². The molecule has 0 saturated carbocycles. The fraction of sp³-hybridized carbons (Fsp3) is 0.0833. The van der Waals surface area contributed by atoms with E-state index in [2.05, 4.69) is 34.5 Å². The molecular formula is C24H20ClN3OS. The summed E-state index contributed by atoms with van der Waals surface area (Å²) in [4.78, 5) is 0. The van der Waals surface area contributed by atoms with Crippen LogP contribution in [-0.2, 0) is 0 Å². The van der Waals surface area contributed by atoms with Crippen LogP contribution in [0.25, 0.3) is 23.2 Å². The van der Waals surface area contributed by atoms with Gasteiger partial charge in [0.1, 0.15) is 5.75 Å². The smallest absolute Gasteiger partial charge is 0.196 e. The molecular weight excluding hydrogens is 414 g/mol. The summed E-state index contributed by atoms with van der Waals surface area (Å²) in [5, 5.41) is 10.4. The summed E-state index contributed by atoms with van der Waals surface area (Å²) in [5.74, 6) is 2.31. The van der Waals surface area contributed by atoms with Crippen LogP contribution in [0.15, 0.2) is 90.1 Å². The Hall–Kier alpha value is -3.02. The van der Waals surface area contributed by atoms with Gasteiger partial charge in [-0.1, -0.05) is 78.0 Å². The first-order valence-electron chi connectivity index (χ1n) is 9.45. The molecule has 0 radical (unpaired) electrons. The zero-order chi connectivity index (χ0) is 20.8. The van der Waals surface area contributed by atoms with Gasteiger partial charge in [0.2, 0.25) is 0 Å². The lowest BCUT2D eigenvalue weighted by Gasteiger charge is -2.11. The van der Waals surface area contributed by atoms with E-state index in [1.807, 2.05) is 71.3 Å². The molecule has 0 fully saturated rings. The lowest BCUT2D eigenvalue weighted by molar-refractivity contribution is 0.415. The third-order valence-electron chi connectivity index (χ3n) is 4.46. The predicted molar refractivity (Wildman–Crippen MR) is 125 cm³/mol. The maximum atomic E-state index is 6.10. The highest BCUT2D eigenvalue weighted by atomic mass is 35.5. The number of thioether (sulfide) groups is 1. The molecule has 0 saturated heterocycles. The number of nitrogens with zero attached hydrogens (tertiary/aromatic N) is 3. The second-order valence-electron chi connectivity index (χ2n) is 6.47. The van der Waals surface area contributed by atoms with Crippen LogP contribution >= 0.6 is 23.4 Å². The van der Waals surface area contributed by atoms with Gasteiger partial charge in [-0.15, -0.1) is 10.2 Å². The molecule has 4 aromatic rings. The predicted octanol–water partition coefficient (Wildman–Crippen LogP) is 6.40. The molecule has 0 atom stereocenters. The van der Waals surface area contributed by atoms with Crippen molar-refractivity contribution in [3.63, 3.8) is 0 Å². The number of hydrogen-bond acceptors (Lipinski definition) is 4. The van der Waals surface area contributed by atoms with Crippen LogP contribution in [0.4, 0.5) is 0 Å². The first-order chi connectivity index (χ1) is 14.7. The fourth-order valence-electron chi connectivity index (χ4n) is 3.01. The van der Waals surface area contributed by atoms with E-state index in [-0.39, 0.29) is 0 Å². The molecule has 0 aliphatic rings. The zero-order valence-corrected chi connectivity index (χ0v) is 18.0. The number of ether oxygens (including phenoxy) is 1. The number of methoxy groups -OCH3 is 1. The van der Waals surface area contributed by atoms with Crippen molar-refractivity contribution in [1.82, 2.24) is 14.8 Å². The second-order valence-corrected chi connectivity index (χ2v) is 7.90. The van der Waals surface area contributed by atoms with E-state index in [0.29, 0.717) is 5.02 Å². The summed E-state index contributed by atoms with van der Waals surface area (Å²) >= 11 is 7.73. The van der Waals surface area contributed by atoms with Gasteiger partial charge in [0.05, 0.1) is 7.11 Å². The summed E-state index contributed by atoms with van der Waals surface area (Å²) in [6.45, 7) is 0. The number of halogens is 1. The Morgan fingerprint density at radius 1 is 0.967 bits per heavy atom. The molecule has 4 rings (SSSR count). The number of aromatic nitrogens is 3. The van der Waals surface area contributed by atoms with Gasteiger partial charge in [0.25, 0.3) is 0 Å². The molecule has 1 aromatic heterocycles. The van der Waals surface area contributed by atoms with E-state index in [0.717, 1.165) is 33.7 Å². The summed E-state index contributed by atoms with van der Waals surface area (Å²) in [6, 6.07) is 25.8. The third-order valence-corrected chi connectivity index (χ3v) is 5.60. The van der Waals surface area contributed by atoms with Gasteiger partial charge in [-0.05, 0) is 42.0 Å². The maximum absolute atomic E-state index is 6.10. The average molecular weight is 434 g/mol. The standard InChI is InChI=1S/C24H20ClN3OS/c1-29-22-11-5-10-19(17-22)23-26-27-24(28(23)21-14-12-20(25)13-15-21)30-16-6-9-18-7-3-2-4-8-18/h2-15,17H,16H2,1H3/b9-6+. The Kier molecular flexibility index (Phi) is 6.52. The normalized spacial score (nSPS) is 11.1. The molecule has 3 aromatic carbocycles. The van der Waals surface area contributed by atoms with Crippen molar-refractivity contribution >= 4 is 29.4 Å². The van der Waals surface area contributed by atoms with Gasteiger partial charge in [-0.2, -0.15) is 0 Å². The summed E-state index contributed by atoms with van der Waals surface area (Å²) in [5.41, 5.74) is 3.06. The van der Waals surface area contributed by atoms with Gasteiger partial charge in [0, 0.05) is 22.0 Å². The van der Waals surface area contributed by atoms with Crippen LogP contribution in [0.1, 0.15) is 5.56 Å². The lowest BCUT2D eigenvalue weighted by atomic mass is 10.2. The van der Waals surface area contributed by atoms with Crippen LogP contribution in [-0.4, -0.2) is 27.6 Å². The van der Waals surface area contributed by atoms with E-state index in [9.17, 15) is 0 Å². The average Bonchev–Trinajstić information content (AvgIpc) is 3.22. The Morgan fingerprint density at radius 2 is 1.77 bits per heavy atom. The van der Waals surface area contributed by atoms with Crippen LogP contribution in [0, 0.1) is 0 Å². The summed E-state index contributed by atoms with van der Waals surface area (Å²) in [6.07, 6.45) is 4.24. The van der Waals surface area contributed by atoms with E-state index < -0.39 is 0 Å². The molecule has 6 heteroatoms. The van der Waals surface area contributed by atoms with E-state index in [1.165, 1.54) is 5.56 Å². The Balaban J connectivity index is 1.65. The van der Waals surface area contributed by atoms with E-state index >= 15 is 0 Å². The highest BCUT2D eigenvalue weighted by Crippen LogP contribution is 2.30. The monoisotopic (exact) mass is 433 g/mol. The molecule has 0 N–H and O–H groups in total. The van der Waals surface area contributed by atoms with Crippen LogP contribution in [0.5, 0.6) is 5.75 Å². The summed E-state index contributed by atoms with van der Waals surface area (Å²) in [7, 11) is 1.66. The molecule has 0 aliphatic carbocycles. The van der Waals surface area contributed by atoms with Gasteiger partial charge in [0.15, 0.2) is 11.0 Å². The highest BCUT2D eigenvalue weighted by molar-refractivity contribution is 7.99. The Bertz CT molecular complexity index is 1140. The van der Waals surface area contributed by atoms with E-state index in [1.54, 1.807) is 18.9 Å². The van der Waals surface area contributed by atoms with E-state index in [4.69, 9.17) is 16.3 Å². The highest BCUT2D eigenvalue weighted by Gasteiger charge is 2.16. The van der Waals surface area contributed by atoms with Crippen LogP contribution < -0.4 is 4.74 Å². The molecule has 4 nitrogen and oxygen atoms in total. The number of benzene rings is 3. The molecule has 0 aliphatic heterocycles. The van der Waals surface area contributed by atoms with Crippen LogP contribution in [0.2, 0.25) is 5.02 Å². The number of hydrogen-bond donors (Lipinski definition) is 0. The topological polar surface area (TPSA) is 39.9 Å². The van der Waals surface area contributed by atoms with Crippen molar-refractivity contribution < 1.29 is 4.74 Å². The fourth-order valence-corrected chi connectivity index (χ4v) is 3.89. The molecule has 0 spiro atoms. The van der Waals surface area contributed by atoms with Crippen molar-refractivity contribution in [2.45, 2.75) is 5.16 Å². The van der Waals surface area contributed by atoms with Crippen LogP contribution in [0.3, 0.4) is 0 Å². The van der Waals surface area contributed by atoms with Gasteiger partial charge in [-0.3, -0.25) is 4.57 Å². The molecule has 0 unspecified atom stereocenters. The summed E-state index contributed by atoms with van der Waals surface area (Å²) < 4.78 is 7.42. The largest absolute Gasteiger partial charge is 0.497 e.